The minimum atomic E-state index is -0.809. The number of ether oxygens (including phenoxy) is 6. The van der Waals surface area contributed by atoms with Gasteiger partial charge in [-0.1, -0.05) is 48.5 Å². The van der Waals surface area contributed by atoms with E-state index in [9.17, 15) is 9.59 Å². The molecule has 48 heavy (non-hydrogen) atoms. The summed E-state index contributed by atoms with van der Waals surface area (Å²) in [6.07, 6.45) is 0.336. The van der Waals surface area contributed by atoms with E-state index in [4.69, 9.17) is 28.4 Å². The molecule has 0 radical (unpaired) electrons. The zero-order valence-corrected chi connectivity index (χ0v) is 29.3. The van der Waals surface area contributed by atoms with Crippen LogP contribution in [0.5, 0.6) is 17.2 Å². The van der Waals surface area contributed by atoms with Crippen molar-refractivity contribution in [3.63, 3.8) is 0 Å². The molecule has 0 spiro atoms. The van der Waals surface area contributed by atoms with E-state index < -0.39 is 23.1 Å². The standard InChI is InChI=1S/C38H48N2O8/c1-36(2,3)48-35(42)40-29(24-46-38(40,6)7)20-26-14-17-31(18-15-26)47-33-22-28(16-19-32(33)43-8)21-30-25-45-37(4,5)39(30)34(41)44-23-27-12-10-9-11-13-27/h9-19,22,29-30H,20-21,23-25H2,1-8H3/t29-,30-/m0/s1. The summed E-state index contributed by atoms with van der Waals surface area (Å²) in [5.41, 5.74) is 0.733. The Morgan fingerprint density at radius 3 is 1.90 bits per heavy atom. The summed E-state index contributed by atoms with van der Waals surface area (Å²) in [4.78, 5) is 29.7. The first-order valence-electron chi connectivity index (χ1n) is 16.4. The molecule has 2 aliphatic rings. The smallest absolute Gasteiger partial charge is 0.412 e. The monoisotopic (exact) mass is 660 g/mol. The van der Waals surface area contributed by atoms with Crippen molar-refractivity contribution in [3.05, 3.63) is 89.5 Å². The maximum absolute atomic E-state index is 13.3. The van der Waals surface area contributed by atoms with Gasteiger partial charge in [0.2, 0.25) is 0 Å². The summed E-state index contributed by atoms with van der Waals surface area (Å²) in [6, 6.07) is 22.8. The molecule has 0 aromatic heterocycles. The SMILES string of the molecule is COc1ccc(C[C@H]2COC(C)(C)N2C(=O)OCc2ccccc2)cc1Oc1ccc(C[C@H]2COC(C)(C)N2C(=O)OC(C)(C)C)cc1. The third-order valence-corrected chi connectivity index (χ3v) is 8.46. The maximum atomic E-state index is 13.3. The number of nitrogens with zero attached hydrogens (tertiary/aromatic N) is 2. The topological polar surface area (TPSA) is 96.0 Å². The molecule has 3 aromatic carbocycles. The lowest BCUT2D eigenvalue weighted by molar-refractivity contribution is -0.0624. The van der Waals surface area contributed by atoms with Crippen molar-refractivity contribution in [1.29, 1.82) is 0 Å². The van der Waals surface area contributed by atoms with Crippen LogP contribution in [0.3, 0.4) is 0 Å². The highest BCUT2D eigenvalue weighted by molar-refractivity contribution is 5.70. The van der Waals surface area contributed by atoms with Crippen LogP contribution >= 0.6 is 0 Å². The fraction of sp³-hybridized carbons (Fsp3) is 0.474. The lowest BCUT2D eigenvalue weighted by Crippen LogP contribution is -2.50. The van der Waals surface area contributed by atoms with E-state index in [-0.39, 0.29) is 24.8 Å². The number of rotatable bonds is 9. The van der Waals surface area contributed by atoms with E-state index in [1.807, 2.05) is 121 Å². The van der Waals surface area contributed by atoms with Gasteiger partial charge in [0.15, 0.2) is 11.5 Å². The van der Waals surface area contributed by atoms with E-state index in [2.05, 4.69) is 0 Å². The van der Waals surface area contributed by atoms with Crippen molar-refractivity contribution in [2.45, 2.75) is 97.0 Å². The molecule has 2 amide bonds. The predicted octanol–water partition coefficient (Wildman–Crippen LogP) is 7.72. The van der Waals surface area contributed by atoms with Crippen molar-refractivity contribution in [1.82, 2.24) is 9.80 Å². The Morgan fingerprint density at radius 2 is 1.31 bits per heavy atom. The molecule has 10 heteroatoms. The molecule has 0 bridgehead atoms. The second-order valence-corrected chi connectivity index (χ2v) is 14.2. The number of carbonyl (C=O) groups excluding carboxylic acids is 2. The minimum Gasteiger partial charge on any atom is -0.493 e. The Hall–Kier alpha value is -4.28. The molecular formula is C38H48N2O8. The molecule has 5 rings (SSSR count). The van der Waals surface area contributed by atoms with E-state index in [1.165, 1.54) is 0 Å². The molecule has 0 saturated carbocycles. The van der Waals surface area contributed by atoms with Crippen molar-refractivity contribution in [3.8, 4) is 17.2 Å². The Balaban J connectivity index is 1.25. The fourth-order valence-corrected chi connectivity index (χ4v) is 6.20. The highest BCUT2D eigenvalue weighted by Gasteiger charge is 2.46. The lowest BCUT2D eigenvalue weighted by Gasteiger charge is -2.35. The van der Waals surface area contributed by atoms with Crippen LogP contribution in [0.4, 0.5) is 9.59 Å². The van der Waals surface area contributed by atoms with Crippen LogP contribution < -0.4 is 9.47 Å². The van der Waals surface area contributed by atoms with Gasteiger partial charge in [-0.3, -0.25) is 9.80 Å². The summed E-state index contributed by atoms with van der Waals surface area (Å²) < 4.78 is 35.3. The maximum Gasteiger partial charge on any atom is 0.412 e. The molecule has 2 fully saturated rings. The van der Waals surface area contributed by atoms with Crippen molar-refractivity contribution in [2.75, 3.05) is 20.3 Å². The Bertz CT molecular complexity index is 1570. The van der Waals surface area contributed by atoms with Gasteiger partial charge >= 0.3 is 12.2 Å². The van der Waals surface area contributed by atoms with Crippen LogP contribution in [-0.4, -0.2) is 71.4 Å². The van der Waals surface area contributed by atoms with Gasteiger partial charge in [-0.05, 0) is 102 Å². The predicted molar refractivity (Wildman–Crippen MR) is 181 cm³/mol. The molecule has 3 aromatic rings. The molecule has 0 N–H and O–H groups in total. The normalized spacial score (nSPS) is 20.0. The first-order chi connectivity index (χ1) is 22.6. The molecule has 2 saturated heterocycles. The van der Waals surface area contributed by atoms with Crippen LogP contribution in [0.25, 0.3) is 0 Å². The summed E-state index contributed by atoms with van der Waals surface area (Å²) >= 11 is 0. The molecule has 2 atom stereocenters. The lowest BCUT2D eigenvalue weighted by atomic mass is 10.0. The van der Waals surface area contributed by atoms with Crippen LogP contribution in [0.15, 0.2) is 72.8 Å². The van der Waals surface area contributed by atoms with Crippen LogP contribution in [-0.2, 0) is 38.4 Å². The van der Waals surface area contributed by atoms with Crippen molar-refractivity contribution >= 4 is 12.2 Å². The number of hydrogen-bond donors (Lipinski definition) is 0. The summed E-state index contributed by atoms with van der Waals surface area (Å²) in [6.45, 7) is 14.1. The summed E-state index contributed by atoms with van der Waals surface area (Å²) in [7, 11) is 1.60. The zero-order chi connectivity index (χ0) is 34.7. The average molecular weight is 661 g/mol. The van der Waals surface area contributed by atoms with Crippen molar-refractivity contribution < 1.29 is 38.0 Å². The minimum absolute atomic E-state index is 0.168. The third-order valence-electron chi connectivity index (χ3n) is 8.46. The van der Waals surface area contributed by atoms with Crippen molar-refractivity contribution in [2.24, 2.45) is 0 Å². The van der Waals surface area contributed by atoms with E-state index in [0.29, 0.717) is 43.3 Å². The Labute approximate surface area is 283 Å². The first-order valence-corrected chi connectivity index (χ1v) is 16.4. The molecule has 2 heterocycles. The van der Waals surface area contributed by atoms with Crippen LogP contribution in [0.2, 0.25) is 0 Å². The number of carbonyl (C=O) groups is 2. The van der Waals surface area contributed by atoms with E-state index in [0.717, 1.165) is 16.7 Å². The largest absolute Gasteiger partial charge is 0.493 e. The second-order valence-electron chi connectivity index (χ2n) is 14.2. The fourth-order valence-electron chi connectivity index (χ4n) is 6.20. The molecule has 2 aliphatic heterocycles. The molecular weight excluding hydrogens is 612 g/mol. The summed E-state index contributed by atoms with van der Waals surface area (Å²) in [5.74, 6) is 1.78. The highest BCUT2D eigenvalue weighted by atomic mass is 16.6. The molecule has 10 nitrogen and oxygen atoms in total. The van der Waals surface area contributed by atoms with Gasteiger partial charge in [-0.15, -0.1) is 0 Å². The number of hydrogen-bond acceptors (Lipinski definition) is 8. The number of benzene rings is 3. The van der Waals surface area contributed by atoms with Crippen LogP contribution in [0, 0.1) is 0 Å². The van der Waals surface area contributed by atoms with Gasteiger partial charge in [-0.25, -0.2) is 9.59 Å². The quantitative estimate of drug-likeness (QED) is 0.230. The Morgan fingerprint density at radius 1 is 0.750 bits per heavy atom. The van der Waals surface area contributed by atoms with Gasteiger partial charge < -0.3 is 28.4 Å². The average Bonchev–Trinajstić information content (AvgIpc) is 3.49. The van der Waals surface area contributed by atoms with Crippen LogP contribution in [0.1, 0.15) is 65.2 Å². The van der Waals surface area contributed by atoms with Gasteiger partial charge in [0.05, 0.1) is 32.4 Å². The van der Waals surface area contributed by atoms with Gasteiger partial charge in [0.25, 0.3) is 0 Å². The van der Waals surface area contributed by atoms with E-state index >= 15 is 0 Å². The first kappa shape index (κ1) is 35.0. The number of methoxy groups -OCH3 is 1. The Kier molecular flexibility index (Phi) is 10.3. The van der Waals surface area contributed by atoms with Gasteiger partial charge in [0, 0.05) is 0 Å². The third kappa shape index (κ3) is 8.41. The molecule has 258 valence electrons. The highest BCUT2D eigenvalue weighted by Crippen LogP contribution is 2.36. The zero-order valence-electron chi connectivity index (χ0n) is 29.3. The van der Waals surface area contributed by atoms with Gasteiger partial charge in [0.1, 0.15) is 29.4 Å². The summed E-state index contributed by atoms with van der Waals surface area (Å²) in [5, 5.41) is 0. The molecule has 0 unspecified atom stereocenters. The second kappa shape index (κ2) is 14.1. The molecule has 0 aliphatic carbocycles. The number of amides is 2. The van der Waals surface area contributed by atoms with E-state index in [1.54, 1.807) is 16.9 Å². The van der Waals surface area contributed by atoms with Gasteiger partial charge in [-0.2, -0.15) is 0 Å².